The monoisotopic (exact) mass is 319 g/mol. The van der Waals surface area contributed by atoms with Crippen molar-refractivity contribution in [3.8, 4) is 0 Å². The van der Waals surface area contributed by atoms with Crippen molar-refractivity contribution in [1.29, 1.82) is 0 Å². The number of nitrogens with one attached hydrogen (secondary N) is 1. The van der Waals surface area contributed by atoms with Crippen LogP contribution in [0.3, 0.4) is 0 Å². The summed E-state index contributed by atoms with van der Waals surface area (Å²) in [5.74, 6) is -1.67. The van der Waals surface area contributed by atoms with Crippen LogP contribution in [0.5, 0.6) is 0 Å². The number of hydrogen-bond acceptors (Lipinski definition) is 2. The van der Waals surface area contributed by atoms with E-state index >= 15 is 0 Å². The first kappa shape index (κ1) is 16.2. The Morgan fingerprint density at radius 1 is 1.14 bits per heavy atom. The van der Waals surface area contributed by atoms with Crippen molar-refractivity contribution in [2.24, 2.45) is 0 Å². The number of carbonyl (C=O) groups excluding carboxylic acids is 2. The number of amides is 1. The molecule has 2 rings (SSSR count). The van der Waals surface area contributed by atoms with Gasteiger partial charge in [-0.3, -0.25) is 9.59 Å². The molecule has 0 spiro atoms. The minimum absolute atomic E-state index is 0.0526. The molecule has 0 bridgehead atoms. The van der Waals surface area contributed by atoms with E-state index in [0.29, 0.717) is 11.1 Å². The van der Waals surface area contributed by atoms with E-state index in [-0.39, 0.29) is 16.4 Å². The summed E-state index contributed by atoms with van der Waals surface area (Å²) >= 11 is 5.99. The SMILES string of the molecule is Cc1ccc(F)c(C(=O)NC(C)C(=O)c2ccccc2)c1Cl. The lowest BCUT2D eigenvalue weighted by Gasteiger charge is -2.14. The van der Waals surface area contributed by atoms with Crippen molar-refractivity contribution in [3.63, 3.8) is 0 Å². The van der Waals surface area contributed by atoms with Gasteiger partial charge in [-0.15, -0.1) is 0 Å². The summed E-state index contributed by atoms with van der Waals surface area (Å²) in [7, 11) is 0. The van der Waals surface area contributed by atoms with Gasteiger partial charge < -0.3 is 5.32 Å². The number of carbonyl (C=O) groups is 2. The predicted molar refractivity (Wildman–Crippen MR) is 83.8 cm³/mol. The van der Waals surface area contributed by atoms with Crippen LogP contribution in [-0.2, 0) is 0 Å². The minimum Gasteiger partial charge on any atom is -0.342 e. The summed E-state index contributed by atoms with van der Waals surface area (Å²) < 4.78 is 13.8. The van der Waals surface area contributed by atoms with E-state index in [9.17, 15) is 14.0 Å². The van der Waals surface area contributed by atoms with Gasteiger partial charge in [0.2, 0.25) is 0 Å². The van der Waals surface area contributed by atoms with Crippen molar-refractivity contribution in [2.45, 2.75) is 19.9 Å². The maximum absolute atomic E-state index is 13.8. The molecular formula is C17H15ClFNO2. The van der Waals surface area contributed by atoms with Crippen molar-refractivity contribution in [3.05, 3.63) is 70.0 Å². The van der Waals surface area contributed by atoms with E-state index in [2.05, 4.69) is 5.32 Å². The zero-order valence-electron chi connectivity index (χ0n) is 12.2. The van der Waals surface area contributed by atoms with E-state index in [1.807, 2.05) is 0 Å². The van der Waals surface area contributed by atoms with Crippen molar-refractivity contribution in [2.75, 3.05) is 0 Å². The second kappa shape index (κ2) is 6.71. The Balaban J connectivity index is 2.19. The molecule has 0 fully saturated rings. The fourth-order valence-electron chi connectivity index (χ4n) is 2.05. The Kier molecular flexibility index (Phi) is 4.93. The van der Waals surface area contributed by atoms with Crippen LogP contribution in [0.15, 0.2) is 42.5 Å². The quantitative estimate of drug-likeness (QED) is 0.872. The van der Waals surface area contributed by atoms with Crippen LogP contribution in [-0.4, -0.2) is 17.7 Å². The minimum atomic E-state index is -0.786. The summed E-state index contributed by atoms with van der Waals surface area (Å²) in [4.78, 5) is 24.4. The smallest absolute Gasteiger partial charge is 0.256 e. The molecule has 0 aliphatic carbocycles. The molecule has 2 aromatic carbocycles. The molecule has 1 atom stereocenters. The van der Waals surface area contributed by atoms with Crippen LogP contribution in [0, 0.1) is 12.7 Å². The molecule has 1 N–H and O–H groups in total. The van der Waals surface area contributed by atoms with Crippen LogP contribution in [0.1, 0.15) is 33.2 Å². The van der Waals surface area contributed by atoms with Crippen LogP contribution in [0.2, 0.25) is 5.02 Å². The Morgan fingerprint density at radius 2 is 1.77 bits per heavy atom. The number of halogens is 2. The summed E-state index contributed by atoms with van der Waals surface area (Å²) in [6.07, 6.45) is 0. The van der Waals surface area contributed by atoms with Gasteiger partial charge in [0, 0.05) is 5.56 Å². The van der Waals surface area contributed by atoms with Gasteiger partial charge >= 0.3 is 0 Å². The molecule has 0 aromatic heterocycles. The second-order valence-electron chi connectivity index (χ2n) is 4.98. The number of Topliss-reactive ketones (excluding diaryl/α,β-unsaturated/α-hetero) is 1. The lowest BCUT2D eigenvalue weighted by molar-refractivity contribution is 0.0863. The van der Waals surface area contributed by atoms with E-state index in [1.165, 1.54) is 12.1 Å². The van der Waals surface area contributed by atoms with Crippen LogP contribution >= 0.6 is 11.6 Å². The number of hydrogen-bond donors (Lipinski definition) is 1. The van der Waals surface area contributed by atoms with Gasteiger partial charge in [0.15, 0.2) is 5.78 Å². The van der Waals surface area contributed by atoms with E-state index in [1.54, 1.807) is 44.2 Å². The third-order valence-corrected chi connectivity index (χ3v) is 3.80. The fraction of sp³-hybridized carbons (Fsp3) is 0.176. The Bertz CT molecular complexity index is 716. The zero-order valence-corrected chi connectivity index (χ0v) is 12.9. The molecule has 0 aliphatic rings. The molecule has 0 radical (unpaired) electrons. The highest BCUT2D eigenvalue weighted by molar-refractivity contribution is 6.34. The first-order valence-corrected chi connectivity index (χ1v) is 7.14. The van der Waals surface area contributed by atoms with Crippen molar-refractivity contribution < 1.29 is 14.0 Å². The maximum Gasteiger partial charge on any atom is 0.256 e. The zero-order chi connectivity index (χ0) is 16.3. The molecule has 0 heterocycles. The molecule has 0 aliphatic heterocycles. The number of rotatable bonds is 4. The highest BCUT2D eigenvalue weighted by Gasteiger charge is 2.22. The molecule has 2 aromatic rings. The first-order chi connectivity index (χ1) is 10.4. The largest absolute Gasteiger partial charge is 0.342 e. The van der Waals surface area contributed by atoms with Crippen molar-refractivity contribution >= 4 is 23.3 Å². The summed E-state index contributed by atoms with van der Waals surface area (Å²) in [5.41, 5.74) is 0.829. The lowest BCUT2D eigenvalue weighted by Crippen LogP contribution is -2.39. The fourth-order valence-corrected chi connectivity index (χ4v) is 2.29. The van der Waals surface area contributed by atoms with Gasteiger partial charge in [-0.25, -0.2) is 4.39 Å². The molecule has 5 heteroatoms. The normalized spacial score (nSPS) is 11.8. The molecule has 114 valence electrons. The van der Waals surface area contributed by atoms with Gasteiger partial charge in [0.05, 0.1) is 16.6 Å². The van der Waals surface area contributed by atoms with Gasteiger partial charge in [-0.2, -0.15) is 0 Å². The highest BCUT2D eigenvalue weighted by Crippen LogP contribution is 2.23. The van der Waals surface area contributed by atoms with Gasteiger partial charge in [-0.05, 0) is 25.5 Å². The van der Waals surface area contributed by atoms with E-state index < -0.39 is 17.8 Å². The summed E-state index contributed by atoms with van der Waals surface area (Å²) in [5, 5.41) is 2.54. The van der Waals surface area contributed by atoms with Gasteiger partial charge in [0.1, 0.15) is 5.82 Å². The molecule has 1 amide bonds. The Labute approximate surface area is 133 Å². The van der Waals surface area contributed by atoms with E-state index in [0.717, 1.165) is 0 Å². The van der Waals surface area contributed by atoms with Gasteiger partial charge in [-0.1, -0.05) is 48.0 Å². The third-order valence-electron chi connectivity index (χ3n) is 3.31. The average Bonchev–Trinajstić information content (AvgIpc) is 2.51. The molecule has 1 unspecified atom stereocenters. The molecule has 22 heavy (non-hydrogen) atoms. The molecule has 0 saturated heterocycles. The van der Waals surface area contributed by atoms with Crippen LogP contribution < -0.4 is 5.32 Å². The third kappa shape index (κ3) is 3.34. The average molecular weight is 320 g/mol. The molecule has 0 saturated carbocycles. The van der Waals surface area contributed by atoms with Crippen molar-refractivity contribution in [1.82, 2.24) is 5.32 Å². The maximum atomic E-state index is 13.8. The van der Waals surface area contributed by atoms with E-state index in [4.69, 9.17) is 11.6 Å². The Morgan fingerprint density at radius 3 is 2.41 bits per heavy atom. The molecule has 3 nitrogen and oxygen atoms in total. The lowest BCUT2D eigenvalue weighted by atomic mass is 10.0. The first-order valence-electron chi connectivity index (χ1n) is 6.76. The predicted octanol–water partition coefficient (Wildman–Crippen LogP) is 3.79. The Hall–Kier alpha value is -2.20. The summed E-state index contributed by atoms with van der Waals surface area (Å²) in [6.45, 7) is 3.23. The van der Waals surface area contributed by atoms with Crippen LogP contribution in [0.25, 0.3) is 0 Å². The number of benzene rings is 2. The topological polar surface area (TPSA) is 46.2 Å². The highest BCUT2D eigenvalue weighted by atomic mass is 35.5. The van der Waals surface area contributed by atoms with Gasteiger partial charge in [0.25, 0.3) is 5.91 Å². The second-order valence-corrected chi connectivity index (χ2v) is 5.36. The van der Waals surface area contributed by atoms with Crippen LogP contribution in [0.4, 0.5) is 4.39 Å². The molecular weight excluding hydrogens is 305 g/mol. The number of aryl methyl sites for hydroxylation is 1. The standard InChI is InChI=1S/C17H15ClFNO2/c1-10-8-9-13(19)14(15(10)18)17(22)20-11(2)16(21)12-6-4-3-5-7-12/h3-9,11H,1-2H3,(H,20,22). The summed E-state index contributed by atoms with van der Waals surface area (Å²) in [6, 6.07) is 10.5. The number of ketones is 1.